The third-order valence-electron chi connectivity index (χ3n) is 3.68. The van der Waals surface area contributed by atoms with Crippen LogP contribution in [0.3, 0.4) is 0 Å². The first-order valence-electron chi connectivity index (χ1n) is 9.54. The molecule has 0 unspecified atom stereocenters. The van der Waals surface area contributed by atoms with Gasteiger partial charge in [-0.15, -0.1) is 0 Å². The molecule has 18 heteroatoms. The number of nitrogens with one attached hydrogen (secondary N) is 1. The van der Waals surface area contributed by atoms with Gasteiger partial charge < -0.3 is 19.5 Å². The van der Waals surface area contributed by atoms with Crippen molar-refractivity contribution in [3.63, 3.8) is 0 Å². The highest BCUT2D eigenvalue weighted by atomic mass is 32.2. The smallest absolute Gasteiger partial charge is 0.347 e. The molecule has 1 heterocycles. The Bertz CT molecular complexity index is 1060. The Morgan fingerprint density at radius 1 is 0.824 bits per heavy atom. The Morgan fingerprint density at radius 3 is 1.68 bits per heavy atom. The van der Waals surface area contributed by atoms with Gasteiger partial charge in [0.05, 0.1) is 38.6 Å². The molecule has 34 heavy (non-hydrogen) atoms. The normalized spacial score (nSPS) is 23.6. The van der Waals surface area contributed by atoms with E-state index in [0.29, 0.717) is 18.8 Å². The van der Waals surface area contributed by atoms with Crippen molar-refractivity contribution in [1.82, 2.24) is 5.32 Å². The minimum Gasteiger partial charge on any atom is -0.462 e. The van der Waals surface area contributed by atoms with E-state index in [0.717, 1.165) is 6.20 Å². The van der Waals surface area contributed by atoms with Crippen LogP contribution in [0.5, 0.6) is 0 Å². The standard InChI is InChI=1S/C16H27NO14S3/c1-6-26-15(18)10(16(19)27-7-2)8-17-14-13(31-34(5,24)25)12(30-33(4,22)23)11(9-28-14)29-32(3,20)21/h8,11-14,17H,6-7,9H2,1-5H3/t11-,12+,13-,14-/m1/s1. The number of hydrogen-bond donors (Lipinski definition) is 1. The molecule has 1 N–H and O–H groups in total. The molecule has 15 nitrogen and oxygen atoms in total. The summed E-state index contributed by atoms with van der Waals surface area (Å²) in [4.78, 5) is 24.2. The van der Waals surface area contributed by atoms with Crippen molar-refractivity contribution in [1.29, 1.82) is 0 Å². The SMILES string of the molecule is CCOC(=O)C(=CN[C@@H]1OC[C@@H](OS(C)(=O)=O)[C@H](OS(C)(=O)=O)[C@H]1OS(C)(=O)=O)C(=O)OCC. The Morgan fingerprint density at radius 2 is 1.26 bits per heavy atom. The van der Waals surface area contributed by atoms with Crippen molar-refractivity contribution < 1.29 is 61.6 Å². The lowest BCUT2D eigenvalue weighted by molar-refractivity contribution is -0.165. The van der Waals surface area contributed by atoms with E-state index in [1.54, 1.807) is 0 Å². The zero-order valence-electron chi connectivity index (χ0n) is 18.9. The molecule has 1 saturated heterocycles. The monoisotopic (exact) mass is 553 g/mol. The Kier molecular flexibility index (Phi) is 10.9. The summed E-state index contributed by atoms with van der Waals surface area (Å²) in [5.41, 5.74) is -0.625. The van der Waals surface area contributed by atoms with Crippen LogP contribution in [0.25, 0.3) is 0 Å². The van der Waals surface area contributed by atoms with Crippen molar-refractivity contribution in [2.75, 3.05) is 38.6 Å². The Labute approximate surface area is 198 Å². The van der Waals surface area contributed by atoms with Crippen LogP contribution >= 0.6 is 0 Å². The Balaban J connectivity index is 3.43. The van der Waals surface area contributed by atoms with Gasteiger partial charge in [0.2, 0.25) is 0 Å². The lowest BCUT2D eigenvalue weighted by Gasteiger charge is -2.40. The van der Waals surface area contributed by atoms with Gasteiger partial charge in [0.1, 0.15) is 12.2 Å². The first kappa shape index (κ1) is 30.2. The Hall–Kier alpha value is -1.83. The lowest BCUT2D eigenvalue weighted by atomic mass is 10.0. The van der Waals surface area contributed by atoms with Gasteiger partial charge in [-0.1, -0.05) is 0 Å². The number of esters is 2. The van der Waals surface area contributed by atoms with Gasteiger partial charge in [-0.05, 0) is 13.8 Å². The maximum atomic E-state index is 12.1. The topological polar surface area (TPSA) is 204 Å². The highest BCUT2D eigenvalue weighted by Crippen LogP contribution is 2.26. The maximum absolute atomic E-state index is 12.1. The van der Waals surface area contributed by atoms with Crippen LogP contribution in [0.15, 0.2) is 11.8 Å². The van der Waals surface area contributed by atoms with E-state index < -0.39 is 79.0 Å². The molecule has 0 saturated carbocycles. The molecule has 0 bridgehead atoms. The second kappa shape index (κ2) is 12.2. The molecule has 1 rings (SSSR count). The van der Waals surface area contributed by atoms with Crippen LogP contribution in [-0.2, 0) is 66.7 Å². The summed E-state index contributed by atoms with van der Waals surface area (Å²) < 4.78 is 99.9. The predicted molar refractivity (Wildman–Crippen MR) is 113 cm³/mol. The molecule has 198 valence electrons. The van der Waals surface area contributed by atoms with E-state index in [1.165, 1.54) is 13.8 Å². The molecule has 0 radical (unpaired) electrons. The van der Waals surface area contributed by atoms with E-state index in [1.807, 2.05) is 0 Å². The van der Waals surface area contributed by atoms with Crippen molar-refractivity contribution >= 4 is 42.3 Å². The third-order valence-corrected chi connectivity index (χ3v) is 5.42. The van der Waals surface area contributed by atoms with Gasteiger partial charge in [-0.25, -0.2) is 9.59 Å². The highest BCUT2D eigenvalue weighted by Gasteiger charge is 2.48. The van der Waals surface area contributed by atoms with Crippen LogP contribution in [0.2, 0.25) is 0 Å². The molecule has 0 aromatic rings. The number of hydrogen-bond acceptors (Lipinski definition) is 15. The van der Waals surface area contributed by atoms with Gasteiger partial charge in [0, 0.05) is 6.20 Å². The average molecular weight is 554 g/mol. The fraction of sp³-hybridized carbons (Fsp3) is 0.750. The molecular formula is C16H27NO14S3. The van der Waals surface area contributed by atoms with Gasteiger partial charge >= 0.3 is 11.9 Å². The van der Waals surface area contributed by atoms with E-state index in [2.05, 4.69) is 5.32 Å². The molecule has 1 aliphatic heterocycles. The molecule has 0 amide bonds. The van der Waals surface area contributed by atoms with Crippen LogP contribution in [0.1, 0.15) is 13.8 Å². The van der Waals surface area contributed by atoms with Gasteiger partial charge in [-0.3, -0.25) is 12.5 Å². The molecule has 0 aliphatic carbocycles. The molecule has 0 aromatic heterocycles. The number of ether oxygens (including phenoxy) is 3. The number of rotatable bonds is 12. The van der Waals surface area contributed by atoms with Crippen molar-refractivity contribution in [2.45, 2.75) is 38.4 Å². The first-order chi connectivity index (χ1) is 15.5. The van der Waals surface area contributed by atoms with Crippen LogP contribution < -0.4 is 5.32 Å². The summed E-state index contributed by atoms with van der Waals surface area (Å²) in [6.45, 7) is 2.21. The fourth-order valence-corrected chi connectivity index (χ4v) is 4.50. The second-order valence-electron chi connectivity index (χ2n) is 6.79. The summed E-state index contributed by atoms with van der Waals surface area (Å²) in [6.07, 6.45) is -4.14. The van der Waals surface area contributed by atoms with Gasteiger partial charge in [0.25, 0.3) is 30.4 Å². The summed E-state index contributed by atoms with van der Waals surface area (Å²) in [5, 5.41) is 2.42. The van der Waals surface area contributed by atoms with Gasteiger partial charge in [0.15, 0.2) is 17.9 Å². The number of carbonyl (C=O) groups is 2. The fourth-order valence-electron chi connectivity index (χ4n) is 2.63. The van der Waals surface area contributed by atoms with Crippen molar-refractivity contribution in [2.24, 2.45) is 0 Å². The minimum absolute atomic E-state index is 0.0793. The summed E-state index contributed by atoms with van der Waals surface area (Å²) in [6, 6.07) is 0. The second-order valence-corrected chi connectivity index (χ2v) is 11.6. The molecule has 1 aliphatic rings. The quantitative estimate of drug-likeness (QED) is 0.0910. The van der Waals surface area contributed by atoms with Crippen molar-refractivity contribution in [3.05, 3.63) is 11.8 Å². The predicted octanol–water partition coefficient (Wildman–Crippen LogP) is -2.02. The van der Waals surface area contributed by atoms with Gasteiger partial charge in [-0.2, -0.15) is 25.3 Å². The zero-order chi connectivity index (χ0) is 26.3. The van der Waals surface area contributed by atoms with E-state index >= 15 is 0 Å². The van der Waals surface area contributed by atoms with Crippen molar-refractivity contribution in [3.8, 4) is 0 Å². The van der Waals surface area contributed by atoms with E-state index in [-0.39, 0.29) is 13.2 Å². The molecule has 0 spiro atoms. The zero-order valence-corrected chi connectivity index (χ0v) is 21.4. The van der Waals surface area contributed by atoms with Crippen LogP contribution in [0, 0.1) is 0 Å². The largest absolute Gasteiger partial charge is 0.462 e. The van der Waals surface area contributed by atoms with E-state index in [4.69, 9.17) is 26.8 Å². The van der Waals surface area contributed by atoms with E-state index in [9.17, 15) is 34.8 Å². The lowest BCUT2D eigenvalue weighted by Crippen LogP contribution is -2.60. The summed E-state index contributed by atoms with van der Waals surface area (Å²) >= 11 is 0. The summed E-state index contributed by atoms with van der Waals surface area (Å²) in [7, 11) is -12.8. The third kappa shape index (κ3) is 10.6. The first-order valence-corrected chi connectivity index (χ1v) is 15.0. The summed E-state index contributed by atoms with van der Waals surface area (Å²) in [5.74, 6) is -2.15. The molecule has 1 fully saturated rings. The molecule has 0 aromatic carbocycles. The molecular weight excluding hydrogens is 526 g/mol. The maximum Gasteiger partial charge on any atom is 0.347 e. The highest BCUT2D eigenvalue weighted by molar-refractivity contribution is 7.86. The molecule has 4 atom stereocenters. The average Bonchev–Trinajstić information content (AvgIpc) is 2.63. The van der Waals surface area contributed by atoms with Crippen LogP contribution in [0.4, 0.5) is 0 Å². The van der Waals surface area contributed by atoms with Crippen LogP contribution in [-0.4, -0.2) is 100 Å². The number of carbonyl (C=O) groups excluding carboxylic acids is 2. The minimum atomic E-state index is -4.30.